The molecule has 1 heterocycles. The fourth-order valence-electron chi connectivity index (χ4n) is 1.73. The van der Waals surface area contributed by atoms with Crippen LogP contribution in [0.1, 0.15) is 36.3 Å². The van der Waals surface area contributed by atoms with Gasteiger partial charge in [-0.2, -0.15) is 0 Å². The van der Waals surface area contributed by atoms with Crippen molar-refractivity contribution < 1.29 is 0 Å². The zero-order valence-corrected chi connectivity index (χ0v) is 11.5. The molecule has 2 aromatic rings. The molecule has 1 nitrogen and oxygen atoms in total. The van der Waals surface area contributed by atoms with Crippen molar-refractivity contribution in [1.82, 2.24) is 4.57 Å². The first-order valence-corrected chi connectivity index (χ1v) is 6.57. The maximum absolute atomic E-state index is 2.45. The third-order valence-electron chi connectivity index (χ3n) is 2.74. The Labute approximate surface area is 105 Å². The average Bonchev–Trinajstić information content (AvgIpc) is 2.59. The highest BCUT2D eigenvalue weighted by molar-refractivity contribution is 14.1. The van der Waals surface area contributed by atoms with Crippen LogP contribution in [0.15, 0.2) is 30.6 Å². The van der Waals surface area contributed by atoms with Crippen molar-refractivity contribution in [3.63, 3.8) is 0 Å². The van der Waals surface area contributed by atoms with E-state index in [0.717, 1.165) is 0 Å². The summed E-state index contributed by atoms with van der Waals surface area (Å²) in [5.74, 6) is 0. The third-order valence-corrected chi connectivity index (χ3v) is 3.46. The number of rotatable bonds is 2. The first-order valence-electron chi connectivity index (χ1n) is 5.33. The van der Waals surface area contributed by atoms with E-state index in [2.05, 4.69) is 78.5 Å². The molecule has 2 rings (SSSR count). The van der Waals surface area contributed by atoms with Crippen molar-refractivity contribution in [1.29, 1.82) is 0 Å². The normalized spacial score (nSPS) is 13.7. The lowest BCUT2D eigenvalue weighted by Crippen LogP contribution is -1.94. The Hall–Kier alpha value is -0.510. The van der Waals surface area contributed by atoms with Gasteiger partial charge in [-0.25, -0.2) is 0 Å². The molecule has 1 aromatic carbocycles. The van der Waals surface area contributed by atoms with E-state index in [9.17, 15) is 0 Å². The lowest BCUT2D eigenvalue weighted by Gasteiger charge is -2.04. The van der Waals surface area contributed by atoms with Crippen LogP contribution in [0, 0.1) is 0 Å². The van der Waals surface area contributed by atoms with E-state index < -0.39 is 0 Å². The highest BCUT2D eigenvalue weighted by Crippen LogP contribution is 2.27. The number of nitrogens with zero attached hydrogens (tertiary/aromatic N) is 1. The van der Waals surface area contributed by atoms with Crippen molar-refractivity contribution in [3.05, 3.63) is 36.2 Å². The van der Waals surface area contributed by atoms with Crippen LogP contribution in [0.3, 0.4) is 0 Å². The van der Waals surface area contributed by atoms with Gasteiger partial charge in [0.05, 0.1) is 0 Å². The Morgan fingerprint density at radius 2 is 1.73 bits per heavy atom. The van der Waals surface area contributed by atoms with Gasteiger partial charge in [-0.05, 0) is 43.2 Å². The minimum Gasteiger partial charge on any atom is -0.351 e. The van der Waals surface area contributed by atoms with E-state index in [4.69, 9.17) is 0 Å². The minimum absolute atomic E-state index is 0.540. The van der Waals surface area contributed by atoms with Crippen LogP contribution >= 0.6 is 22.6 Å². The fourth-order valence-corrected chi connectivity index (χ4v) is 2.11. The molecule has 0 spiro atoms. The quantitative estimate of drug-likeness (QED) is 0.558. The Kier molecular flexibility index (Phi) is 3.05. The zero-order valence-electron chi connectivity index (χ0n) is 9.37. The van der Waals surface area contributed by atoms with Crippen molar-refractivity contribution in [2.75, 3.05) is 0 Å². The number of hydrogen-bond acceptors (Lipinski definition) is 0. The molecule has 0 aliphatic heterocycles. The van der Waals surface area contributed by atoms with Crippen molar-refractivity contribution >= 4 is 33.4 Å². The average molecular weight is 313 g/mol. The fraction of sp³-hybridized carbons (Fsp3) is 0.385. The van der Waals surface area contributed by atoms with Gasteiger partial charge in [0, 0.05) is 22.4 Å². The SMILES string of the molecule is CC(I)c1ccc2cn(C(C)C)cc2c1. The van der Waals surface area contributed by atoms with Crippen molar-refractivity contribution in [3.8, 4) is 0 Å². The van der Waals surface area contributed by atoms with Gasteiger partial charge in [0.2, 0.25) is 0 Å². The van der Waals surface area contributed by atoms with E-state index in [1.165, 1.54) is 16.3 Å². The molecule has 1 unspecified atom stereocenters. The first kappa shape index (κ1) is 11.0. The van der Waals surface area contributed by atoms with Crippen LogP contribution in [0.5, 0.6) is 0 Å². The Morgan fingerprint density at radius 1 is 1.07 bits per heavy atom. The molecule has 0 saturated heterocycles. The van der Waals surface area contributed by atoms with Crippen LogP contribution in [0.4, 0.5) is 0 Å². The van der Waals surface area contributed by atoms with E-state index in [1.54, 1.807) is 0 Å². The summed E-state index contributed by atoms with van der Waals surface area (Å²) in [6, 6.07) is 7.28. The Bertz CT molecular complexity index is 462. The van der Waals surface area contributed by atoms with Gasteiger partial charge < -0.3 is 4.57 Å². The maximum Gasteiger partial charge on any atom is 0.0331 e. The molecular formula is C13H16IN. The highest BCUT2D eigenvalue weighted by Gasteiger charge is 2.05. The van der Waals surface area contributed by atoms with E-state index in [-0.39, 0.29) is 0 Å². The summed E-state index contributed by atoms with van der Waals surface area (Å²) in [6.07, 6.45) is 4.46. The Morgan fingerprint density at radius 3 is 2.33 bits per heavy atom. The molecule has 0 aliphatic carbocycles. The molecule has 15 heavy (non-hydrogen) atoms. The molecule has 2 heteroatoms. The predicted molar refractivity (Wildman–Crippen MR) is 74.8 cm³/mol. The number of alkyl halides is 1. The number of benzene rings is 1. The van der Waals surface area contributed by atoms with Crippen LogP contribution in [-0.2, 0) is 0 Å². The number of aromatic nitrogens is 1. The number of hydrogen-bond donors (Lipinski definition) is 0. The summed E-state index contributed by atoms with van der Waals surface area (Å²) in [5, 5.41) is 2.69. The van der Waals surface area contributed by atoms with Crippen LogP contribution in [0.2, 0.25) is 0 Å². The van der Waals surface area contributed by atoms with Crippen molar-refractivity contribution in [2.24, 2.45) is 0 Å². The van der Waals surface area contributed by atoms with Gasteiger partial charge in [0.1, 0.15) is 0 Å². The smallest absolute Gasteiger partial charge is 0.0331 e. The monoisotopic (exact) mass is 313 g/mol. The zero-order chi connectivity index (χ0) is 11.0. The summed E-state index contributed by atoms with van der Waals surface area (Å²) in [5.41, 5.74) is 1.41. The van der Waals surface area contributed by atoms with E-state index >= 15 is 0 Å². The molecular weight excluding hydrogens is 297 g/mol. The van der Waals surface area contributed by atoms with Gasteiger partial charge >= 0.3 is 0 Å². The molecule has 1 atom stereocenters. The van der Waals surface area contributed by atoms with Gasteiger partial charge in [-0.3, -0.25) is 0 Å². The standard InChI is InChI=1S/C13H16IN/c1-9(2)15-7-12-5-4-11(10(3)14)6-13(12)8-15/h4-10H,1-3H3. The summed E-state index contributed by atoms with van der Waals surface area (Å²) >= 11 is 2.45. The summed E-state index contributed by atoms with van der Waals surface area (Å²) in [7, 11) is 0. The molecule has 0 bridgehead atoms. The summed E-state index contributed by atoms with van der Waals surface area (Å²) in [4.78, 5) is 0. The minimum atomic E-state index is 0.540. The topological polar surface area (TPSA) is 4.93 Å². The second-order valence-electron chi connectivity index (χ2n) is 4.30. The molecule has 1 aromatic heterocycles. The second kappa shape index (κ2) is 4.16. The van der Waals surface area contributed by atoms with Gasteiger partial charge in [0.25, 0.3) is 0 Å². The van der Waals surface area contributed by atoms with E-state index in [0.29, 0.717) is 9.97 Å². The summed E-state index contributed by atoms with van der Waals surface area (Å²) < 4.78 is 2.85. The largest absolute Gasteiger partial charge is 0.351 e. The van der Waals surface area contributed by atoms with Gasteiger partial charge in [0.15, 0.2) is 0 Å². The van der Waals surface area contributed by atoms with Gasteiger partial charge in [-0.1, -0.05) is 34.7 Å². The highest BCUT2D eigenvalue weighted by atomic mass is 127. The maximum atomic E-state index is 2.45. The molecule has 0 N–H and O–H groups in total. The second-order valence-corrected chi connectivity index (χ2v) is 6.17. The van der Waals surface area contributed by atoms with Crippen LogP contribution in [-0.4, -0.2) is 4.57 Å². The van der Waals surface area contributed by atoms with Crippen LogP contribution in [0.25, 0.3) is 10.8 Å². The molecule has 80 valence electrons. The van der Waals surface area contributed by atoms with E-state index in [1.807, 2.05) is 0 Å². The number of halogens is 1. The van der Waals surface area contributed by atoms with Gasteiger partial charge in [-0.15, -0.1) is 0 Å². The molecule has 0 radical (unpaired) electrons. The molecule has 0 aliphatic rings. The first-order chi connectivity index (χ1) is 7.08. The number of fused-ring (bicyclic) bond motifs is 1. The molecule has 0 saturated carbocycles. The molecule has 0 amide bonds. The lowest BCUT2D eigenvalue weighted by molar-refractivity contribution is 0.606. The molecule has 0 fully saturated rings. The summed E-state index contributed by atoms with van der Waals surface area (Å²) in [6.45, 7) is 6.64. The third kappa shape index (κ3) is 2.19. The lowest BCUT2D eigenvalue weighted by atomic mass is 10.1. The van der Waals surface area contributed by atoms with Crippen LogP contribution < -0.4 is 0 Å². The Balaban J connectivity index is 2.52. The van der Waals surface area contributed by atoms with Crippen molar-refractivity contribution in [2.45, 2.75) is 30.7 Å². The predicted octanol–water partition coefficient (Wildman–Crippen LogP) is 4.72.